The lowest BCUT2D eigenvalue weighted by molar-refractivity contribution is -0.140. The maximum Gasteiger partial charge on any atom is 0.433 e. The molecular formula is C7H12N2O5. The highest BCUT2D eigenvalue weighted by atomic mass is 16.7. The second-order valence-corrected chi connectivity index (χ2v) is 2.68. The summed E-state index contributed by atoms with van der Waals surface area (Å²) in [6.45, 7) is 0. The molecule has 0 unspecified atom stereocenters. The number of hydroxylamine groups is 1. The molecule has 0 aromatic heterocycles. The zero-order valence-corrected chi connectivity index (χ0v) is 7.94. The molecule has 0 spiro atoms. The Balaban J connectivity index is 3.64. The zero-order valence-electron chi connectivity index (χ0n) is 7.94. The Labute approximate surface area is 80.6 Å². The van der Waals surface area contributed by atoms with E-state index >= 15 is 0 Å². The molecule has 2 N–H and O–H groups in total. The molecule has 0 aromatic carbocycles. The van der Waals surface area contributed by atoms with Crippen LogP contribution in [0.1, 0.15) is 12.8 Å². The van der Waals surface area contributed by atoms with Crippen LogP contribution in [0.2, 0.25) is 0 Å². The summed E-state index contributed by atoms with van der Waals surface area (Å²) in [6.07, 6.45) is -1.25. The predicted octanol–water partition coefficient (Wildman–Crippen LogP) is -0.419. The van der Waals surface area contributed by atoms with E-state index in [1.54, 1.807) is 0 Å². The quantitative estimate of drug-likeness (QED) is 0.608. The maximum atomic E-state index is 10.8. The molecule has 0 atom stereocenters. The summed E-state index contributed by atoms with van der Waals surface area (Å²) in [5, 5.41) is 8.23. The minimum absolute atomic E-state index is 0.226. The van der Waals surface area contributed by atoms with E-state index in [4.69, 9.17) is 5.11 Å². The first kappa shape index (κ1) is 12.2. The van der Waals surface area contributed by atoms with Crippen LogP contribution in [-0.2, 0) is 14.4 Å². The Morgan fingerprint density at radius 3 is 2.29 bits per heavy atom. The Bertz CT molecular complexity index is 238. The molecule has 0 saturated heterocycles. The van der Waals surface area contributed by atoms with E-state index < -0.39 is 18.0 Å². The number of nitrogens with one attached hydrogen (secondary N) is 1. The van der Waals surface area contributed by atoms with E-state index in [0.29, 0.717) is 0 Å². The number of carboxylic acid groups (broad SMARTS) is 1. The summed E-state index contributed by atoms with van der Waals surface area (Å²) >= 11 is 0. The van der Waals surface area contributed by atoms with Gasteiger partial charge in [-0.25, -0.2) is 4.79 Å². The number of hydrogen-bond acceptors (Lipinski definition) is 4. The van der Waals surface area contributed by atoms with Crippen LogP contribution >= 0.6 is 0 Å². The number of aliphatic carboxylic acids is 1. The zero-order chi connectivity index (χ0) is 11.1. The van der Waals surface area contributed by atoms with Crippen LogP contribution in [0.25, 0.3) is 0 Å². The van der Waals surface area contributed by atoms with Crippen LogP contribution in [0.4, 0.5) is 4.79 Å². The third kappa shape index (κ3) is 5.81. The highest BCUT2D eigenvalue weighted by Gasteiger charge is 2.09. The molecule has 0 aliphatic heterocycles. The first-order valence-electron chi connectivity index (χ1n) is 3.82. The fraction of sp³-hybridized carbons (Fsp3) is 0.571. The molecule has 7 nitrogen and oxygen atoms in total. The number of carboxylic acids is 1. The number of rotatable bonds is 3. The highest BCUT2D eigenvalue weighted by molar-refractivity contribution is 5.81. The van der Waals surface area contributed by atoms with Gasteiger partial charge in [-0.15, -0.1) is 0 Å². The van der Waals surface area contributed by atoms with E-state index in [9.17, 15) is 14.4 Å². The second-order valence-electron chi connectivity index (χ2n) is 2.68. The molecular weight excluding hydrogens is 192 g/mol. The average molecular weight is 204 g/mol. The van der Waals surface area contributed by atoms with Crippen LogP contribution < -0.4 is 5.48 Å². The minimum atomic E-state index is -1.08. The van der Waals surface area contributed by atoms with Gasteiger partial charge in [0, 0.05) is 20.5 Å². The molecule has 14 heavy (non-hydrogen) atoms. The van der Waals surface area contributed by atoms with Gasteiger partial charge >= 0.3 is 12.1 Å². The van der Waals surface area contributed by atoms with Crippen molar-refractivity contribution in [3.05, 3.63) is 0 Å². The summed E-state index contributed by atoms with van der Waals surface area (Å²) in [5.74, 6) is -1.73. The van der Waals surface area contributed by atoms with Gasteiger partial charge < -0.3 is 14.8 Å². The number of hydrogen-bond donors (Lipinski definition) is 2. The monoisotopic (exact) mass is 204 g/mol. The molecule has 0 aromatic rings. The highest BCUT2D eigenvalue weighted by Crippen LogP contribution is 1.89. The molecule has 0 bridgehead atoms. The summed E-state index contributed by atoms with van der Waals surface area (Å²) < 4.78 is 0. The van der Waals surface area contributed by atoms with Crippen molar-refractivity contribution in [1.82, 2.24) is 10.4 Å². The first-order chi connectivity index (χ1) is 6.43. The van der Waals surface area contributed by atoms with Gasteiger partial charge in [0.05, 0.1) is 6.42 Å². The van der Waals surface area contributed by atoms with Crippen LogP contribution in [-0.4, -0.2) is 42.1 Å². The van der Waals surface area contributed by atoms with E-state index in [0.717, 1.165) is 4.90 Å². The Hall–Kier alpha value is -1.79. The van der Waals surface area contributed by atoms with E-state index in [-0.39, 0.29) is 12.8 Å². The smallest absolute Gasteiger partial charge is 0.433 e. The Morgan fingerprint density at radius 1 is 1.29 bits per heavy atom. The van der Waals surface area contributed by atoms with Gasteiger partial charge in [-0.05, 0) is 0 Å². The predicted molar refractivity (Wildman–Crippen MR) is 45.2 cm³/mol. The van der Waals surface area contributed by atoms with Gasteiger partial charge in [0.25, 0.3) is 5.91 Å². The van der Waals surface area contributed by atoms with Gasteiger partial charge in [-0.3, -0.25) is 9.59 Å². The molecule has 0 fully saturated rings. The maximum absolute atomic E-state index is 10.8. The van der Waals surface area contributed by atoms with E-state index in [1.165, 1.54) is 14.1 Å². The molecule has 0 aliphatic carbocycles. The normalized spacial score (nSPS) is 9.00. The number of amides is 2. The average Bonchev–Trinajstić information content (AvgIpc) is 2.10. The molecule has 2 amide bonds. The lowest BCUT2D eigenvalue weighted by Gasteiger charge is -2.10. The third-order valence-electron chi connectivity index (χ3n) is 1.18. The fourth-order valence-corrected chi connectivity index (χ4v) is 0.463. The fourth-order valence-electron chi connectivity index (χ4n) is 0.463. The van der Waals surface area contributed by atoms with Crippen LogP contribution in [0, 0.1) is 0 Å². The topological polar surface area (TPSA) is 95.9 Å². The van der Waals surface area contributed by atoms with Crippen molar-refractivity contribution in [3.63, 3.8) is 0 Å². The number of carbonyl (C=O) groups excluding carboxylic acids is 2. The van der Waals surface area contributed by atoms with Crippen molar-refractivity contribution in [2.75, 3.05) is 14.1 Å². The molecule has 0 heterocycles. The SMILES string of the molecule is CN(C)C(=O)ONC(=O)CCC(=O)O. The Kier molecular flexibility index (Phi) is 5.05. The lowest BCUT2D eigenvalue weighted by atomic mass is 10.3. The summed E-state index contributed by atoms with van der Waals surface area (Å²) in [7, 11) is 2.90. The van der Waals surface area contributed by atoms with Crippen molar-refractivity contribution >= 4 is 18.0 Å². The van der Waals surface area contributed by atoms with Gasteiger partial charge in [-0.1, -0.05) is 0 Å². The van der Waals surface area contributed by atoms with Crippen molar-refractivity contribution in [1.29, 1.82) is 0 Å². The Morgan fingerprint density at radius 2 is 1.86 bits per heavy atom. The van der Waals surface area contributed by atoms with Crippen LogP contribution in [0.15, 0.2) is 0 Å². The molecule has 7 heteroatoms. The van der Waals surface area contributed by atoms with Gasteiger partial charge in [0.15, 0.2) is 0 Å². The third-order valence-corrected chi connectivity index (χ3v) is 1.18. The molecule has 0 rings (SSSR count). The van der Waals surface area contributed by atoms with Crippen molar-refractivity contribution < 1.29 is 24.3 Å². The van der Waals surface area contributed by atoms with Crippen molar-refractivity contribution in [3.8, 4) is 0 Å². The first-order valence-corrected chi connectivity index (χ1v) is 3.82. The number of nitrogens with zero attached hydrogens (tertiary/aromatic N) is 1. The van der Waals surface area contributed by atoms with Crippen molar-refractivity contribution in [2.45, 2.75) is 12.8 Å². The summed E-state index contributed by atoms with van der Waals surface area (Å²) in [6, 6.07) is 0. The van der Waals surface area contributed by atoms with Gasteiger partial charge in [-0.2, -0.15) is 5.48 Å². The summed E-state index contributed by atoms with van der Waals surface area (Å²) in [5.41, 5.74) is 1.83. The number of carbonyl (C=O) groups is 3. The molecule has 0 aliphatic rings. The van der Waals surface area contributed by atoms with Crippen molar-refractivity contribution in [2.24, 2.45) is 0 Å². The second kappa shape index (κ2) is 5.79. The van der Waals surface area contributed by atoms with Crippen LogP contribution in [0.5, 0.6) is 0 Å². The molecule has 0 saturated carbocycles. The minimum Gasteiger partial charge on any atom is -0.481 e. The van der Waals surface area contributed by atoms with Crippen LogP contribution in [0.3, 0.4) is 0 Å². The van der Waals surface area contributed by atoms with Gasteiger partial charge in [0.2, 0.25) is 0 Å². The van der Waals surface area contributed by atoms with Gasteiger partial charge in [0.1, 0.15) is 0 Å². The standard InChI is InChI=1S/C7H12N2O5/c1-9(2)7(13)14-8-5(10)3-4-6(11)12/h3-4H2,1-2H3,(H,8,10)(H,11,12). The van der Waals surface area contributed by atoms with E-state index in [2.05, 4.69) is 4.84 Å². The van der Waals surface area contributed by atoms with E-state index in [1.807, 2.05) is 5.48 Å². The molecule has 0 radical (unpaired) electrons. The largest absolute Gasteiger partial charge is 0.481 e. The summed E-state index contributed by atoms with van der Waals surface area (Å²) in [4.78, 5) is 37.0. The lowest BCUT2D eigenvalue weighted by Crippen LogP contribution is -2.33. The molecule has 80 valence electrons.